The second-order valence-corrected chi connectivity index (χ2v) is 3.09. The zero-order valence-corrected chi connectivity index (χ0v) is 7.07. The molecule has 1 atom stereocenters. The molecule has 0 saturated carbocycles. The van der Waals surface area contributed by atoms with E-state index in [9.17, 15) is 8.78 Å². The van der Waals surface area contributed by atoms with Crippen LogP contribution in [0.1, 0.15) is 17.9 Å². The first-order valence-electron chi connectivity index (χ1n) is 3.34. The van der Waals surface area contributed by atoms with Gasteiger partial charge in [0.15, 0.2) is 0 Å². The van der Waals surface area contributed by atoms with Crippen molar-refractivity contribution < 1.29 is 13.9 Å². The van der Waals surface area contributed by atoms with Crippen LogP contribution in [0.15, 0.2) is 12.1 Å². The van der Waals surface area contributed by atoms with E-state index in [4.69, 9.17) is 16.7 Å². The second-order valence-electron chi connectivity index (χ2n) is 2.44. The summed E-state index contributed by atoms with van der Waals surface area (Å²) in [6.45, 7) is 1.46. The molecule has 12 heavy (non-hydrogen) atoms. The van der Waals surface area contributed by atoms with E-state index in [2.05, 4.69) is 0 Å². The van der Waals surface area contributed by atoms with Crippen LogP contribution in [0, 0.1) is 11.6 Å². The lowest BCUT2D eigenvalue weighted by molar-refractivity contribution is 0.456. The van der Waals surface area contributed by atoms with E-state index in [1.807, 2.05) is 0 Å². The van der Waals surface area contributed by atoms with Crippen molar-refractivity contribution in [3.8, 4) is 5.75 Å². The van der Waals surface area contributed by atoms with E-state index in [1.165, 1.54) is 6.92 Å². The number of hydrogen-bond donors (Lipinski definition) is 1. The van der Waals surface area contributed by atoms with Crippen LogP contribution in [0.3, 0.4) is 0 Å². The Kier molecular flexibility index (Phi) is 2.52. The molecule has 66 valence electrons. The van der Waals surface area contributed by atoms with Crippen molar-refractivity contribution in [2.24, 2.45) is 0 Å². The Morgan fingerprint density at radius 3 is 2.08 bits per heavy atom. The van der Waals surface area contributed by atoms with Crippen LogP contribution in [-0.2, 0) is 0 Å². The lowest BCUT2D eigenvalue weighted by Crippen LogP contribution is -1.95. The van der Waals surface area contributed by atoms with Crippen LogP contribution in [0.4, 0.5) is 8.78 Å². The predicted octanol–water partition coefficient (Wildman–Crippen LogP) is 2.97. The summed E-state index contributed by atoms with van der Waals surface area (Å²) >= 11 is 5.50. The van der Waals surface area contributed by atoms with Gasteiger partial charge in [-0.15, -0.1) is 11.6 Å². The lowest BCUT2D eigenvalue weighted by Gasteiger charge is -2.06. The quantitative estimate of drug-likeness (QED) is 0.679. The number of phenolic OH excluding ortho intramolecular Hbond substituents is 1. The molecule has 0 spiro atoms. The molecule has 0 saturated heterocycles. The molecule has 0 bridgehead atoms. The molecule has 0 aliphatic carbocycles. The van der Waals surface area contributed by atoms with Crippen LogP contribution in [0.2, 0.25) is 0 Å². The van der Waals surface area contributed by atoms with Gasteiger partial charge < -0.3 is 5.11 Å². The number of rotatable bonds is 1. The minimum atomic E-state index is -0.824. The van der Waals surface area contributed by atoms with E-state index < -0.39 is 22.8 Å². The van der Waals surface area contributed by atoms with Crippen molar-refractivity contribution >= 4 is 11.6 Å². The number of phenols is 1. The fourth-order valence-corrected chi connectivity index (χ4v) is 1.16. The summed E-state index contributed by atoms with van der Waals surface area (Å²) in [5, 5.41) is 8.03. The number of halogens is 3. The number of aromatic hydroxyl groups is 1. The smallest absolute Gasteiger partial charge is 0.134 e. The van der Waals surface area contributed by atoms with Gasteiger partial charge in [0.05, 0.1) is 5.38 Å². The van der Waals surface area contributed by atoms with Crippen molar-refractivity contribution in [3.05, 3.63) is 29.3 Å². The zero-order valence-electron chi connectivity index (χ0n) is 6.31. The highest BCUT2D eigenvalue weighted by Crippen LogP contribution is 2.28. The summed E-state index contributed by atoms with van der Waals surface area (Å²) < 4.78 is 25.8. The molecule has 1 aromatic carbocycles. The zero-order chi connectivity index (χ0) is 9.30. The molecule has 1 rings (SSSR count). The number of alkyl halides is 1. The van der Waals surface area contributed by atoms with Gasteiger partial charge in [-0.3, -0.25) is 0 Å². The standard InChI is InChI=1S/C8H7ClF2O/c1-4(9)8-6(10)2-5(12)3-7(8)11/h2-4,12H,1H3. The SMILES string of the molecule is CC(Cl)c1c(F)cc(O)cc1F. The summed E-state index contributed by atoms with van der Waals surface area (Å²) in [4.78, 5) is 0. The molecule has 1 aromatic rings. The maximum atomic E-state index is 12.9. The summed E-state index contributed by atoms with van der Waals surface area (Å²) in [6.07, 6.45) is 0. The van der Waals surface area contributed by atoms with Crippen LogP contribution < -0.4 is 0 Å². The van der Waals surface area contributed by atoms with E-state index in [0.29, 0.717) is 0 Å². The van der Waals surface area contributed by atoms with Crippen LogP contribution in [-0.4, -0.2) is 5.11 Å². The minimum Gasteiger partial charge on any atom is -0.508 e. The summed E-state index contributed by atoms with van der Waals surface area (Å²) in [7, 11) is 0. The van der Waals surface area contributed by atoms with Gasteiger partial charge in [0.2, 0.25) is 0 Å². The minimum absolute atomic E-state index is 0.213. The molecule has 4 heteroatoms. The Labute approximate surface area is 73.6 Å². The van der Waals surface area contributed by atoms with Crippen molar-refractivity contribution in [2.75, 3.05) is 0 Å². The molecule has 0 aromatic heterocycles. The Hall–Kier alpha value is -0.830. The van der Waals surface area contributed by atoms with E-state index in [1.54, 1.807) is 0 Å². The van der Waals surface area contributed by atoms with Crippen LogP contribution in [0.5, 0.6) is 5.75 Å². The fraction of sp³-hybridized carbons (Fsp3) is 0.250. The third kappa shape index (κ3) is 1.67. The van der Waals surface area contributed by atoms with Crippen molar-refractivity contribution in [1.29, 1.82) is 0 Å². The Morgan fingerprint density at radius 1 is 1.33 bits per heavy atom. The van der Waals surface area contributed by atoms with Gasteiger partial charge in [-0.1, -0.05) is 0 Å². The van der Waals surface area contributed by atoms with E-state index in [-0.39, 0.29) is 5.56 Å². The van der Waals surface area contributed by atoms with Crippen molar-refractivity contribution in [2.45, 2.75) is 12.3 Å². The molecule has 0 heterocycles. The highest BCUT2D eigenvalue weighted by Gasteiger charge is 2.15. The van der Waals surface area contributed by atoms with Gasteiger partial charge in [-0.25, -0.2) is 8.78 Å². The molecule has 0 aliphatic rings. The second kappa shape index (κ2) is 3.27. The van der Waals surface area contributed by atoms with Crippen molar-refractivity contribution in [3.63, 3.8) is 0 Å². The Bertz CT molecular complexity index is 276. The molecule has 1 unspecified atom stereocenters. The van der Waals surface area contributed by atoms with Gasteiger partial charge in [0, 0.05) is 17.7 Å². The average molecular weight is 193 g/mol. The topological polar surface area (TPSA) is 20.2 Å². The number of benzene rings is 1. The largest absolute Gasteiger partial charge is 0.508 e. The highest BCUT2D eigenvalue weighted by molar-refractivity contribution is 6.20. The third-order valence-corrected chi connectivity index (χ3v) is 1.68. The lowest BCUT2D eigenvalue weighted by atomic mass is 10.1. The van der Waals surface area contributed by atoms with Gasteiger partial charge in [-0.2, -0.15) is 0 Å². The maximum absolute atomic E-state index is 12.9. The average Bonchev–Trinajstić information content (AvgIpc) is 1.82. The Balaban J connectivity index is 3.28. The first-order chi connectivity index (χ1) is 5.52. The van der Waals surface area contributed by atoms with E-state index >= 15 is 0 Å². The van der Waals surface area contributed by atoms with Crippen molar-refractivity contribution in [1.82, 2.24) is 0 Å². The van der Waals surface area contributed by atoms with Gasteiger partial charge in [0.25, 0.3) is 0 Å². The monoisotopic (exact) mass is 192 g/mol. The summed E-state index contributed by atoms with van der Waals surface area (Å²) in [5.74, 6) is -2.09. The normalized spacial score (nSPS) is 13.0. The van der Waals surface area contributed by atoms with Crippen LogP contribution >= 0.6 is 11.6 Å². The molecule has 0 radical (unpaired) electrons. The molecule has 0 amide bonds. The van der Waals surface area contributed by atoms with Gasteiger partial charge in [0.1, 0.15) is 17.4 Å². The molecular weight excluding hydrogens is 186 g/mol. The predicted molar refractivity (Wildman–Crippen MR) is 42.3 cm³/mol. The van der Waals surface area contributed by atoms with E-state index in [0.717, 1.165) is 12.1 Å². The first-order valence-corrected chi connectivity index (χ1v) is 3.78. The number of hydrogen-bond acceptors (Lipinski definition) is 1. The molecular formula is C8H7ClF2O. The maximum Gasteiger partial charge on any atom is 0.134 e. The molecule has 1 N–H and O–H groups in total. The van der Waals surface area contributed by atoms with Gasteiger partial charge in [-0.05, 0) is 6.92 Å². The molecule has 0 fully saturated rings. The summed E-state index contributed by atoms with van der Waals surface area (Å²) in [6, 6.07) is 1.66. The Morgan fingerprint density at radius 2 is 1.75 bits per heavy atom. The molecule has 1 nitrogen and oxygen atoms in total. The third-order valence-electron chi connectivity index (χ3n) is 1.46. The molecule has 0 aliphatic heterocycles. The fourth-order valence-electron chi connectivity index (χ4n) is 0.951. The summed E-state index contributed by atoms with van der Waals surface area (Å²) in [5.41, 5.74) is -0.213. The van der Waals surface area contributed by atoms with Gasteiger partial charge >= 0.3 is 0 Å². The highest BCUT2D eigenvalue weighted by atomic mass is 35.5. The van der Waals surface area contributed by atoms with Crippen LogP contribution in [0.25, 0.3) is 0 Å². The first kappa shape index (κ1) is 9.26.